The van der Waals surface area contributed by atoms with Crippen LogP contribution >= 0.6 is 11.3 Å². The van der Waals surface area contributed by atoms with E-state index in [2.05, 4.69) is 15.6 Å². The van der Waals surface area contributed by atoms with Gasteiger partial charge in [-0.05, 0) is 13.3 Å². The van der Waals surface area contributed by atoms with Crippen LogP contribution in [-0.2, 0) is 11.3 Å². The van der Waals surface area contributed by atoms with Crippen LogP contribution in [0.4, 0.5) is 0 Å². The summed E-state index contributed by atoms with van der Waals surface area (Å²) in [4.78, 5) is 16.9. The number of aryl methyl sites for hydroxylation is 1. The molecule has 0 aromatic carbocycles. The van der Waals surface area contributed by atoms with Gasteiger partial charge in [-0.2, -0.15) is 0 Å². The van der Waals surface area contributed by atoms with Crippen molar-refractivity contribution in [3.8, 4) is 0 Å². The largest absolute Gasteiger partial charge is 0.392 e. The fourth-order valence-corrected chi connectivity index (χ4v) is 2.42. The maximum atomic E-state index is 11.7. The molecule has 16 heavy (non-hydrogen) atoms. The van der Waals surface area contributed by atoms with Crippen molar-refractivity contribution in [3.63, 3.8) is 0 Å². The highest BCUT2D eigenvalue weighted by atomic mass is 32.1. The van der Waals surface area contributed by atoms with Crippen LogP contribution < -0.4 is 10.6 Å². The van der Waals surface area contributed by atoms with Gasteiger partial charge in [-0.15, -0.1) is 11.3 Å². The quantitative estimate of drug-likeness (QED) is 0.684. The van der Waals surface area contributed by atoms with Gasteiger partial charge in [0.2, 0.25) is 5.91 Å². The maximum absolute atomic E-state index is 11.7. The lowest BCUT2D eigenvalue weighted by molar-refractivity contribution is -0.123. The van der Waals surface area contributed by atoms with Gasteiger partial charge in [-0.25, -0.2) is 4.98 Å². The van der Waals surface area contributed by atoms with Gasteiger partial charge in [-0.1, -0.05) is 0 Å². The Labute approximate surface area is 97.9 Å². The van der Waals surface area contributed by atoms with Gasteiger partial charge in [0.25, 0.3) is 0 Å². The van der Waals surface area contributed by atoms with Crippen LogP contribution in [0.25, 0.3) is 0 Å². The topological polar surface area (TPSA) is 74.2 Å². The van der Waals surface area contributed by atoms with E-state index >= 15 is 0 Å². The molecular weight excluding hydrogens is 226 g/mol. The third-order valence-corrected chi connectivity index (χ3v) is 3.63. The summed E-state index contributed by atoms with van der Waals surface area (Å²) < 4.78 is 0. The van der Waals surface area contributed by atoms with E-state index < -0.39 is 6.10 Å². The second-order valence-electron chi connectivity index (χ2n) is 3.93. The summed E-state index contributed by atoms with van der Waals surface area (Å²) >= 11 is 1.54. The SMILES string of the molecule is Cc1ncsc1CNC(=O)C1CC(O)CN1. The van der Waals surface area contributed by atoms with Crippen LogP contribution in [0.15, 0.2) is 5.51 Å². The molecule has 1 aliphatic heterocycles. The number of carbonyl (C=O) groups excluding carboxylic acids is 1. The number of nitrogens with one attached hydrogen (secondary N) is 2. The lowest BCUT2D eigenvalue weighted by Crippen LogP contribution is -2.39. The molecule has 3 N–H and O–H groups in total. The lowest BCUT2D eigenvalue weighted by atomic mass is 10.2. The Morgan fingerprint density at radius 2 is 2.62 bits per heavy atom. The third kappa shape index (κ3) is 2.58. The minimum atomic E-state index is -0.402. The number of hydrogen-bond donors (Lipinski definition) is 3. The second-order valence-corrected chi connectivity index (χ2v) is 4.87. The smallest absolute Gasteiger partial charge is 0.237 e. The summed E-state index contributed by atoms with van der Waals surface area (Å²) in [5, 5.41) is 15.1. The van der Waals surface area contributed by atoms with Crippen molar-refractivity contribution in [3.05, 3.63) is 16.1 Å². The van der Waals surface area contributed by atoms with Crippen LogP contribution in [0.3, 0.4) is 0 Å². The highest BCUT2D eigenvalue weighted by molar-refractivity contribution is 7.09. The molecule has 0 spiro atoms. The molecule has 1 saturated heterocycles. The number of carbonyl (C=O) groups is 1. The molecule has 1 aromatic rings. The number of hydrogen-bond acceptors (Lipinski definition) is 5. The Hall–Kier alpha value is -0.980. The number of amides is 1. The van der Waals surface area contributed by atoms with Gasteiger partial charge in [0.1, 0.15) is 0 Å². The normalized spacial score (nSPS) is 24.6. The number of rotatable bonds is 3. The zero-order valence-electron chi connectivity index (χ0n) is 9.06. The predicted molar refractivity (Wildman–Crippen MR) is 61.1 cm³/mol. The van der Waals surface area contributed by atoms with Crippen LogP contribution in [-0.4, -0.2) is 34.7 Å². The summed E-state index contributed by atoms with van der Waals surface area (Å²) in [7, 11) is 0. The molecule has 2 unspecified atom stereocenters. The molecule has 1 fully saturated rings. The van der Waals surface area contributed by atoms with E-state index in [0.29, 0.717) is 19.5 Å². The summed E-state index contributed by atoms with van der Waals surface area (Å²) in [6, 6.07) is -0.261. The fourth-order valence-electron chi connectivity index (χ4n) is 1.70. The molecule has 2 rings (SSSR count). The number of aliphatic hydroxyl groups is 1. The summed E-state index contributed by atoms with van der Waals surface area (Å²) in [6.45, 7) is 2.94. The predicted octanol–water partition coefficient (Wildman–Crippen LogP) is -0.209. The van der Waals surface area contributed by atoms with E-state index in [9.17, 15) is 9.90 Å². The molecule has 6 heteroatoms. The molecule has 0 aliphatic carbocycles. The molecule has 88 valence electrons. The van der Waals surface area contributed by atoms with Gasteiger partial charge in [0, 0.05) is 11.4 Å². The average Bonchev–Trinajstić information content (AvgIpc) is 2.84. The van der Waals surface area contributed by atoms with E-state index in [1.807, 2.05) is 6.92 Å². The second kappa shape index (κ2) is 4.90. The Morgan fingerprint density at radius 1 is 1.81 bits per heavy atom. The van der Waals surface area contributed by atoms with Crippen molar-refractivity contribution >= 4 is 17.2 Å². The summed E-state index contributed by atoms with van der Waals surface area (Å²) in [6.07, 6.45) is 0.0916. The fraction of sp³-hybridized carbons (Fsp3) is 0.600. The number of thiazole rings is 1. The van der Waals surface area contributed by atoms with Crippen molar-refractivity contribution < 1.29 is 9.90 Å². The van der Waals surface area contributed by atoms with Gasteiger partial charge in [0.15, 0.2) is 0 Å². The Morgan fingerprint density at radius 3 is 3.19 bits per heavy atom. The molecule has 0 saturated carbocycles. The minimum Gasteiger partial charge on any atom is -0.392 e. The number of nitrogens with zero attached hydrogens (tertiary/aromatic N) is 1. The highest BCUT2D eigenvalue weighted by Gasteiger charge is 2.27. The van der Waals surface area contributed by atoms with Crippen molar-refractivity contribution in [1.29, 1.82) is 0 Å². The van der Waals surface area contributed by atoms with Crippen molar-refractivity contribution in [2.45, 2.75) is 32.0 Å². The van der Waals surface area contributed by atoms with E-state index in [-0.39, 0.29) is 11.9 Å². The zero-order chi connectivity index (χ0) is 11.5. The van der Waals surface area contributed by atoms with Crippen LogP contribution in [0.2, 0.25) is 0 Å². The lowest BCUT2D eigenvalue weighted by Gasteiger charge is -2.10. The Kier molecular flexibility index (Phi) is 3.52. The average molecular weight is 241 g/mol. The Balaban J connectivity index is 1.82. The molecule has 5 nitrogen and oxygen atoms in total. The first-order valence-corrected chi connectivity index (χ1v) is 6.13. The molecule has 0 bridgehead atoms. The minimum absolute atomic E-state index is 0.0515. The van der Waals surface area contributed by atoms with Gasteiger partial charge < -0.3 is 15.7 Å². The van der Waals surface area contributed by atoms with Crippen molar-refractivity contribution in [1.82, 2.24) is 15.6 Å². The van der Waals surface area contributed by atoms with Crippen molar-refractivity contribution in [2.75, 3.05) is 6.54 Å². The van der Waals surface area contributed by atoms with E-state index in [0.717, 1.165) is 10.6 Å². The molecule has 1 amide bonds. The van der Waals surface area contributed by atoms with E-state index in [1.165, 1.54) is 11.3 Å². The van der Waals surface area contributed by atoms with Crippen molar-refractivity contribution in [2.24, 2.45) is 0 Å². The third-order valence-electron chi connectivity index (χ3n) is 2.69. The number of β-amino-alcohol motifs (C(OH)–C–C–N with tert-alkyl or cyclic N) is 1. The Bertz CT molecular complexity index is 380. The number of aromatic nitrogens is 1. The molecule has 1 aromatic heterocycles. The summed E-state index contributed by atoms with van der Waals surface area (Å²) in [5.41, 5.74) is 2.73. The molecular formula is C10H15N3O2S. The van der Waals surface area contributed by atoms with Gasteiger partial charge >= 0.3 is 0 Å². The highest BCUT2D eigenvalue weighted by Crippen LogP contribution is 2.12. The first-order chi connectivity index (χ1) is 7.66. The molecule has 2 atom stereocenters. The zero-order valence-corrected chi connectivity index (χ0v) is 9.88. The van der Waals surface area contributed by atoms with Crippen LogP contribution in [0, 0.1) is 6.92 Å². The molecule has 0 radical (unpaired) electrons. The van der Waals surface area contributed by atoms with Crippen LogP contribution in [0.1, 0.15) is 17.0 Å². The standard InChI is InChI=1S/C10H15N3O2S/c1-6-9(16-5-13-6)4-12-10(15)8-2-7(14)3-11-8/h5,7-8,11,14H,2-4H2,1H3,(H,12,15). The summed E-state index contributed by atoms with van der Waals surface area (Å²) in [5.74, 6) is -0.0515. The monoisotopic (exact) mass is 241 g/mol. The molecule has 1 aliphatic rings. The maximum Gasteiger partial charge on any atom is 0.237 e. The first-order valence-electron chi connectivity index (χ1n) is 5.25. The van der Waals surface area contributed by atoms with E-state index in [4.69, 9.17) is 0 Å². The van der Waals surface area contributed by atoms with Gasteiger partial charge in [-0.3, -0.25) is 4.79 Å². The molecule has 2 heterocycles. The van der Waals surface area contributed by atoms with Gasteiger partial charge in [0.05, 0.1) is 29.9 Å². The number of aliphatic hydroxyl groups excluding tert-OH is 1. The van der Waals surface area contributed by atoms with Crippen LogP contribution in [0.5, 0.6) is 0 Å². The first kappa shape index (κ1) is 11.5. The van der Waals surface area contributed by atoms with E-state index in [1.54, 1.807) is 5.51 Å².